The van der Waals surface area contributed by atoms with Gasteiger partial charge in [-0.25, -0.2) is 8.42 Å². The van der Waals surface area contributed by atoms with Gasteiger partial charge in [-0.1, -0.05) is 18.2 Å². The highest BCUT2D eigenvalue weighted by Gasteiger charge is 2.23. The third-order valence-electron chi connectivity index (χ3n) is 4.85. The number of piperidine rings is 1. The molecule has 2 aromatic carbocycles. The van der Waals surface area contributed by atoms with Gasteiger partial charge in [0.1, 0.15) is 0 Å². The molecule has 144 valence electrons. The van der Waals surface area contributed by atoms with Gasteiger partial charge in [0.25, 0.3) is 15.9 Å². The van der Waals surface area contributed by atoms with E-state index in [-0.39, 0.29) is 16.8 Å². The normalized spacial score (nSPS) is 20.1. The van der Waals surface area contributed by atoms with Gasteiger partial charge in [0.15, 0.2) is 0 Å². The molecule has 0 aromatic heterocycles. The zero-order valence-electron chi connectivity index (χ0n) is 15.6. The topological polar surface area (TPSA) is 78.5 Å². The Morgan fingerprint density at radius 3 is 2.41 bits per heavy atom. The lowest BCUT2D eigenvalue weighted by molar-refractivity contribution is 0.0925. The number of nitrogens with zero attached hydrogens (tertiary/aromatic N) is 1. The molecule has 0 aliphatic carbocycles. The Balaban J connectivity index is 1.71. The van der Waals surface area contributed by atoms with Crippen LogP contribution in [0, 0.1) is 0 Å². The molecule has 27 heavy (non-hydrogen) atoms. The summed E-state index contributed by atoms with van der Waals surface area (Å²) in [5, 5.41) is 6.38. The van der Waals surface area contributed by atoms with Gasteiger partial charge in [0.2, 0.25) is 0 Å². The molecule has 6 nitrogen and oxygen atoms in total. The number of hydrogen-bond acceptors (Lipinski definition) is 4. The van der Waals surface area contributed by atoms with E-state index in [1.54, 1.807) is 36.4 Å². The fourth-order valence-electron chi connectivity index (χ4n) is 3.24. The summed E-state index contributed by atoms with van der Waals surface area (Å²) in [6, 6.07) is 15.5. The van der Waals surface area contributed by atoms with E-state index >= 15 is 0 Å². The molecule has 0 bridgehead atoms. The van der Waals surface area contributed by atoms with Gasteiger partial charge < -0.3 is 10.6 Å². The van der Waals surface area contributed by atoms with Crippen molar-refractivity contribution < 1.29 is 13.2 Å². The monoisotopic (exact) mass is 387 g/mol. The molecule has 1 aliphatic rings. The second kappa shape index (κ2) is 8.10. The van der Waals surface area contributed by atoms with Crippen LogP contribution in [0.5, 0.6) is 0 Å². The Morgan fingerprint density at radius 1 is 1.11 bits per heavy atom. The average molecular weight is 388 g/mol. The van der Waals surface area contributed by atoms with Gasteiger partial charge in [-0.05, 0) is 62.7 Å². The Morgan fingerprint density at radius 2 is 1.78 bits per heavy atom. The van der Waals surface area contributed by atoms with Crippen molar-refractivity contribution in [3.05, 3.63) is 60.2 Å². The summed E-state index contributed by atoms with van der Waals surface area (Å²) in [4.78, 5) is 12.6. The van der Waals surface area contributed by atoms with E-state index in [1.165, 1.54) is 23.5 Å². The van der Waals surface area contributed by atoms with Gasteiger partial charge >= 0.3 is 0 Å². The van der Waals surface area contributed by atoms with Crippen molar-refractivity contribution in [3.8, 4) is 0 Å². The van der Waals surface area contributed by atoms with Crippen LogP contribution in [-0.2, 0) is 10.0 Å². The van der Waals surface area contributed by atoms with Crippen molar-refractivity contribution in [1.29, 1.82) is 0 Å². The van der Waals surface area contributed by atoms with Gasteiger partial charge in [-0.3, -0.25) is 9.10 Å². The van der Waals surface area contributed by atoms with Gasteiger partial charge in [0, 0.05) is 24.7 Å². The molecule has 0 saturated carbocycles. The fraction of sp³-hybridized carbons (Fsp3) is 0.350. The molecule has 1 aliphatic heterocycles. The van der Waals surface area contributed by atoms with Crippen LogP contribution in [0.2, 0.25) is 0 Å². The van der Waals surface area contributed by atoms with E-state index < -0.39 is 10.0 Å². The molecular formula is C20H25N3O3S. The molecular weight excluding hydrogens is 362 g/mol. The molecule has 2 unspecified atom stereocenters. The number of benzene rings is 2. The van der Waals surface area contributed by atoms with Crippen LogP contribution in [-0.4, -0.2) is 40.0 Å². The van der Waals surface area contributed by atoms with E-state index in [0.717, 1.165) is 19.4 Å². The van der Waals surface area contributed by atoms with Crippen molar-refractivity contribution in [2.45, 2.75) is 36.7 Å². The lowest BCUT2D eigenvalue weighted by Gasteiger charge is -2.28. The number of sulfonamides is 1. The summed E-state index contributed by atoms with van der Waals surface area (Å²) in [7, 11) is -2.16. The summed E-state index contributed by atoms with van der Waals surface area (Å²) in [6.45, 7) is 2.98. The third-order valence-corrected chi connectivity index (χ3v) is 6.65. The van der Waals surface area contributed by atoms with Gasteiger partial charge in [-0.2, -0.15) is 0 Å². The minimum Gasteiger partial charge on any atom is -0.349 e. The second-order valence-electron chi connectivity index (χ2n) is 6.88. The fourth-order valence-corrected chi connectivity index (χ4v) is 4.44. The number of anilines is 1. The first-order valence-electron chi connectivity index (χ1n) is 9.06. The zero-order valence-corrected chi connectivity index (χ0v) is 16.4. The maximum absolute atomic E-state index is 12.8. The third kappa shape index (κ3) is 4.48. The average Bonchev–Trinajstić information content (AvgIpc) is 2.68. The van der Waals surface area contributed by atoms with Crippen molar-refractivity contribution in [2.24, 2.45) is 0 Å². The largest absolute Gasteiger partial charge is 0.349 e. The van der Waals surface area contributed by atoms with Crippen molar-refractivity contribution in [3.63, 3.8) is 0 Å². The summed E-state index contributed by atoms with van der Waals surface area (Å²) in [6.07, 6.45) is 1.78. The highest BCUT2D eigenvalue weighted by molar-refractivity contribution is 7.92. The first-order chi connectivity index (χ1) is 12.9. The maximum atomic E-state index is 12.8. The zero-order chi connectivity index (χ0) is 19.4. The molecule has 1 amide bonds. The minimum absolute atomic E-state index is 0.140. The number of carbonyl (C=O) groups excluding carboxylic acids is 1. The van der Waals surface area contributed by atoms with E-state index in [9.17, 15) is 13.2 Å². The summed E-state index contributed by atoms with van der Waals surface area (Å²) < 4.78 is 26.8. The molecule has 1 fully saturated rings. The van der Waals surface area contributed by atoms with Crippen LogP contribution >= 0.6 is 0 Å². The minimum atomic E-state index is -3.68. The molecule has 2 aromatic rings. The van der Waals surface area contributed by atoms with Crippen LogP contribution in [0.3, 0.4) is 0 Å². The predicted octanol–water partition coefficient (Wildman–Crippen LogP) is 2.38. The summed E-state index contributed by atoms with van der Waals surface area (Å²) >= 11 is 0. The lowest BCUT2D eigenvalue weighted by Crippen LogP contribution is -2.46. The SMILES string of the molecule is CC1CC(NC(=O)c2ccc(S(=O)(=O)N(C)c3ccccc3)cc2)CCN1. The molecule has 2 atom stereocenters. The molecule has 1 heterocycles. The summed E-state index contributed by atoms with van der Waals surface area (Å²) in [5.74, 6) is -0.172. The Kier molecular flexibility index (Phi) is 5.82. The predicted molar refractivity (Wildman–Crippen MR) is 106 cm³/mol. The molecule has 1 saturated heterocycles. The summed E-state index contributed by atoms with van der Waals surface area (Å²) in [5.41, 5.74) is 1.04. The molecule has 7 heteroatoms. The highest BCUT2D eigenvalue weighted by atomic mass is 32.2. The van der Waals surface area contributed by atoms with E-state index in [4.69, 9.17) is 0 Å². The van der Waals surface area contributed by atoms with Crippen molar-refractivity contribution in [1.82, 2.24) is 10.6 Å². The van der Waals surface area contributed by atoms with Crippen LogP contribution < -0.4 is 14.9 Å². The Hall–Kier alpha value is -2.38. The Bertz CT molecular complexity index is 882. The second-order valence-corrected chi connectivity index (χ2v) is 8.85. The first-order valence-corrected chi connectivity index (χ1v) is 10.5. The van der Waals surface area contributed by atoms with Gasteiger partial charge in [-0.15, -0.1) is 0 Å². The molecule has 2 N–H and O–H groups in total. The first kappa shape index (κ1) is 19.4. The molecule has 0 spiro atoms. The molecule has 0 radical (unpaired) electrons. The van der Waals surface area contributed by atoms with Crippen molar-refractivity contribution >= 4 is 21.6 Å². The van der Waals surface area contributed by atoms with Gasteiger partial charge in [0.05, 0.1) is 10.6 Å². The smallest absolute Gasteiger partial charge is 0.264 e. The number of hydrogen-bond donors (Lipinski definition) is 2. The number of amides is 1. The van der Waals surface area contributed by atoms with E-state index in [2.05, 4.69) is 17.6 Å². The number of rotatable bonds is 5. The number of nitrogens with one attached hydrogen (secondary N) is 2. The quantitative estimate of drug-likeness (QED) is 0.826. The van der Waals surface area contributed by atoms with Crippen molar-refractivity contribution in [2.75, 3.05) is 17.9 Å². The standard InChI is InChI=1S/C20H25N3O3S/c1-15-14-17(12-13-21-15)22-20(24)16-8-10-19(11-9-16)27(25,26)23(2)18-6-4-3-5-7-18/h3-11,15,17,21H,12-14H2,1-2H3,(H,22,24). The van der Waals surface area contributed by atoms with E-state index in [1.807, 2.05) is 6.07 Å². The van der Waals surface area contributed by atoms with E-state index in [0.29, 0.717) is 17.3 Å². The molecule has 3 rings (SSSR count). The van der Waals surface area contributed by atoms with Crippen LogP contribution in [0.1, 0.15) is 30.1 Å². The number of para-hydroxylation sites is 1. The maximum Gasteiger partial charge on any atom is 0.264 e. The number of carbonyl (C=O) groups is 1. The van der Waals surface area contributed by atoms with Crippen LogP contribution in [0.25, 0.3) is 0 Å². The van der Waals surface area contributed by atoms with Crippen LogP contribution in [0.4, 0.5) is 5.69 Å². The lowest BCUT2D eigenvalue weighted by atomic mass is 10.0. The van der Waals surface area contributed by atoms with Crippen LogP contribution in [0.15, 0.2) is 59.5 Å². The highest BCUT2D eigenvalue weighted by Crippen LogP contribution is 2.22. The Labute approximate surface area is 160 Å².